The van der Waals surface area contributed by atoms with E-state index in [9.17, 15) is 0 Å². The summed E-state index contributed by atoms with van der Waals surface area (Å²) in [5.41, 5.74) is 0.280. The molecule has 0 aromatic rings. The van der Waals surface area contributed by atoms with Crippen molar-refractivity contribution in [2.24, 2.45) is 11.3 Å². The van der Waals surface area contributed by atoms with Crippen LogP contribution >= 0.6 is 0 Å². The minimum absolute atomic E-state index is 0.280. The Bertz CT molecular complexity index is 305. The third-order valence-corrected chi connectivity index (χ3v) is 5.57. The van der Waals surface area contributed by atoms with Gasteiger partial charge >= 0.3 is 0 Å². The summed E-state index contributed by atoms with van der Waals surface area (Å²) in [6.07, 6.45) is 2.88. The molecule has 19 heavy (non-hydrogen) atoms. The number of nitrogens with one attached hydrogen (secondary N) is 1. The molecule has 5 atom stereocenters. The number of nitrogens with zero attached hydrogens (tertiary/aromatic N) is 1. The van der Waals surface area contributed by atoms with E-state index in [0.717, 1.165) is 12.5 Å². The highest BCUT2D eigenvalue weighted by atomic mass is 16.5. The normalized spacial score (nSPS) is 42.9. The summed E-state index contributed by atoms with van der Waals surface area (Å²) in [5, 5.41) is 3.93. The van der Waals surface area contributed by atoms with Crippen LogP contribution in [0.25, 0.3) is 0 Å². The van der Waals surface area contributed by atoms with Gasteiger partial charge in [0.1, 0.15) is 0 Å². The first-order valence-corrected chi connectivity index (χ1v) is 7.94. The van der Waals surface area contributed by atoms with Crippen LogP contribution in [-0.4, -0.2) is 49.3 Å². The third kappa shape index (κ3) is 2.98. The molecule has 2 fully saturated rings. The van der Waals surface area contributed by atoms with Crippen LogP contribution in [0, 0.1) is 11.3 Å². The van der Waals surface area contributed by atoms with Crippen molar-refractivity contribution in [2.45, 2.75) is 71.7 Å². The minimum Gasteiger partial charge on any atom is -0.378 e. The molecule has 1 aliphatic carbocycles. The van der Waals surface area contributed by atoms with E-state index in [0.29, 0.717) is 24.2 Å². The molecule has 0 radical (unpaired) electrons. The molecule has 3 nitrogen and oxygen atoms in total. The fourth-order valence-corrected chi connectivity index (χ4v) is 3.68. The molecule has 0 bridgehead atoms. The fourth-order valence-electron chi connectivity index (χ4n) is 3.68. The van der Waals surface area contributed by atoms with Gasteiger partial charge in [0.25, 0.3) is 0 Å². The van der Waals surface area contributed by atoms with Gasteiger partial charge in [-0.05, 0) is 39.7 Å². The molecule has 1 aliphatic heterocycles. The summed E-state index contributed by atoms with van der Waals surface area (Å²) in [6.45, 7) is 13.6. The molecule has 1 saturated carbocycles. The van der Waals surface area contributed by atoms with Crippen molar-refractivity contribution in [1.82, 2.24) is 10.2 Å². The summed E-state index contributed by atoms with van der Waals surface area (Å²) in [6, 6.07) is 1.98. The van der Waals surface area contributed by atoms with Crippen molar-refractivity contribution in [2.75, 3.05) is 20.2 Å². The molecule has 0 aromatic heterocycles. The summed E-state index contributed by atoms with van der Waals surface area (Å²) in [5.74, 6) is 0.739. The molecular formula is C16H32N2O. The highest BCUT2D eigenvalue weighted by molar-refractivity contribution is 5.04. The van der Waals surface area contributed by atoms with Crippen molar-refractivity contribution in [3.05, 3.63) is 0 Å². The van der Waals surface area contributed by atoms with Gasteiger partial charge in [-0.15, -0.1) is 0 Å². The van der Waals surface area contributed by atoms with E-state index in [1.165, 1.54) is 19.4 Å². The van der Waals surface area contributed by atoms with Crippen molar-refractivity contribution in [1.29, 1.82) is 0 Å². The van der Waals surface area contributed by atoms with E-state index >= 15 is 0 Å². The van der Waals surface area contributed by atoms with Crippen LogP contribution < -0.4 is 5.32 Å². The van der Waals surface area contributed by atoms with Crippen molar-refractivity contribution >= 4 is 0 Å². The molecule has 1 saturated heterocycles. The van der Waals surface area contributed by atoms with Crippen LogP contribution in [0.5, 0.6) is 0 Å². The van der Waals surface area contributed by atoms with Gasteiger partial charge in [-0.25, -0.2) is 0 Å². The van der Waals surface area contributed by atoms with Gasteiger partial charge in [-0.1, -0.05) is 20.8 Å². The van der Waals surface area contributed by atoms with Gasteiger partial charge < -0.3 is 15.0 Å². The van der Waals surface area contributed by atoms with Gasteiger partial charge in [-0.3, -0.25) is 0 Å². The van der Waals surface area contributed by atoms with Gasteiger partial charge in [0, 0.05) is 36.7 Å². The monoisotopic (exact) mass is 268 g/mol. The smallest absolute Gasteiger partial charge is 0.0655 e. The summed E-state index contributed by atoms with van der Waals surface area (Å²) in [7, 11) is 2.25. The number of hydrogen-bond acceptors (Lipinski definition) is 3. The average Bonchev–Trinajstić information content (AvgIpc) is 2.34. The summed E-state index contributed by atoms with van der Waals surface area (Å²) >= 11 is 0. The van der Waals surface area contributed by atoms with Crippen LogP contribution in [0.2, 0.25) is 0 Å². The third-order valence-electron chi connectivity index (χ3n) is 5.57. The highest BCUT2D eigenvalue weighted by Gasteiger charge is 2.49. The highest BCUT2D eigenvalue weighted by Crippen LogP contribution is 2.43. The maximum atomic E-state index is 5.83. The number of piperidine rings is 1. The SMILES string of the molecule is CCOC1CC(NC2CC(C)N(C)CC2C)C1(C)C. The van der Waals surface area contributed by atoms with Crippen molar-refractivity contribution in [3.63, 3.8) is 0 Å². The quantitative estimate of drug-likeness (QED) is 0.848. The number of likely N-dealkylation sites (tertiary alicyclic amines) is 1. The number of hydrogen-bond donors (Lipinski definition) is 1. The lowest BCUT2D eigenvalue weighted by Crippen LogP contribution is -2.65. The van der Waals surface area contributed by atoms with Gasteiger partial charge in [-0.2, -0.15) is 0 Å². The second-order valence-electron chi connectivity index (χ2n) is 7.33. The molecule has 2 aliphatic rings. The Kier molecular flexibility index (Phi) is 4.59. The second-order valence-corrected chi connectivity index (χ2v) is 7.33. The van der Waals surface area contributed by atoms with Crippen molar-refractivity contribution < 1.29 is 4.74 Å². The van der Waals surface area contributed by atoms with E-state index in [4.69, 9.17) is 4.74 Å². The zero-order valence-electron chi connectivity index (χ0n) is 13.6. The fraction of sp³-hybridized carbons (Fsp3) is 1.00. The van der Waals surface area contributed by atoms with E-state index in [1.807, 2.05) is 0 Å². The molecule has 2 rings (SSSR count). The lowest BCUT2D eigenvalue weighted by Gasteiger charge is -2.54. The average molecular weight is 268 g/mol. The Balaban J connectivity index is 1.88. The van der Waals surface area contributed by atoms with E-state index in [2.05, 4.69) is 51.9 Å². The lowest BCUT2D eigenvalue weighted by atomic mass is 9.64. The van der Waals surface area contributed by atoms with Crippen LogP contribution in [0.3, 0.4) is 0 Å². The van der Waals surface area contributed by atoms with Crippen molar-refractivity contribution in [3.8, 4) is 0 Å². The lowest BCUT2D eigenvalue weighted by molar-refractivity contribution is -0.119. The molecule has 3 heteroatoms. The van der Waals surface area contributed by atoms with Gasteiger partial charge in [0.05, 0.1) is 6.10 Å². The van der Waals surface area contributed by atoms with Crippen LogP contribution in [0.1, 0.15) is 47.5 Å². The van der Waals surface area contributed by atoms with Gasteiger partial charge in [0.15, 0.2) is 0 Å². The Labute approximate surface area is 119 Å². The standard InChI is InChI=1S/C16H32N2O/c1-7-19-15-9-14(16(15,4)5)17-13-8-12(3)18(6)10-11(13)2/h11-15,17H,7-10H2,1-6H3. The molecule has 112 valence electrons. The van der Waals surface area contributed by atoms with Crippen LogP contribution in [-0.2, 0) is 4.74 Å². The predicted molar refractivity (Wildman–Crippen MR) is 80.4 cm³/mol. The number of rotatable bonds is 4. The maximum Gasteiger partial charge on any atom is 0.0655 e. The maximum absolute atomic E-state index is 5.83. The topological polar surface area (TPSA) is 24.5 Å². The van der Waals surface area contributed by atoms with E-state index in [-0.39, 0.29) is 5.41 Å². The molecule has 0 amide bonds. The first kappa shape index (κ1) is 15.3. The Morgan fingerprint density at radius 2 is 1.95 bits per heavy atom. The minimum atomic E-state index is 0.280. The summed E-state index contributed by atoms with van der Waals surface area (Å²) < 4.78 is 5.83. The predicted octanol–water partition coefficient (Wildman–Crippen LogP) is 2.51. The molecular weight excluding hydrogens is 236 g/mol. The Morgan fingerprint density at radius 3 is 2.53 bits per heavy atom. The van der Waals surface area contributed by atoms with Crippen LogP contribution in [0.4, 0.5) is 0 Å². The summed E-state index contributed by atoms with van der Waals surface area (Å²) in [4.78, 5) is 2.48. The number of ether oxygens (including phenoxy) is 1. The largest absolute Gasteiger partial charge is 0.378 e. The first-order chi connectivity index (χ1) is 8.86. The molecule has 0 aromatic carbocycles. The molecule has 1 N–H and O–H groups in total. The van der Waals surface area contributed by atoms with E-state index in [1.54, 1.807) is 0 Å². The molecule has 5 unspecified atom stereocenters. The Morgan fingerprint density at radius 1 is 1.26 bits per heavy atom. The Hall–Kier alpha value is -0.120. The second kappa shape index (κ2) is 5.71. The van der Waals surface area contributed by atoms with E-state index < -0.39 is 0 Å². The zero-order valence-corrected chi connectivity index (χ0v) is 13.6. The van der Waals surface area contributed by atoms with Gasteiger partial charge in [0.2, 0.25) is 0 Å². The molecule has 0 spiro atoms. The van der Waals surface area contributed by atoms with Crippen LogP contribution in [0.15, 0.2) is 0 Å². The molecule has 1 heterocycles. The first-order valence-electron chi connectivity index (χ1n) is 7.94. The zero-order chi connectivity index (χ0) is 14.2.